The molecular formula is C19H25NO6. The first-order chi connectivity index (χ1) is 12.5. The number of likely N-dealkylation sites (tertiary alicyclic amines) is 1. The van der Waals surface area contributed by atoms with E-state index in [-0.39, 0.29) is 31.1 Å². The van der Waals surface area contributed by atoms with Gasteiger partial charge in [0.1, 0.15) is 0 Å². The van der Waals surface area contributed by atoms with E-state index in [1.165, 1.54) is 12.0 Å². The molecule has 1 aromatic rings. The number of benzene rings is 1. The molecule has 0 aliphatic carbocycles. The van der Waals surface area contributed by atoms with Gasteiger partial charge in [0.2, 0.25) is 0 Å². The Morgan fingerprint density at radius 2 is 2.12 bits per heavy atom. The van der Waals surface area contributed by atoms with E-state index in [2.05, 4.69) is 6.58 Å². The van der Waals surface area contributed by atoms with Gasteiger partial charge in [0.05, 0.1) is 19.6 Å². The van der Waals surface area contributed by atoms with Crippen molar-refractivity contribution in [2.75, 3.05) is 27.4 Å². The Balaban J connectivity index is 2.02. The number of rotatable bonds is 9. The molecule has 0 saturated carbocycles. The first kappa shape index (κ1) is 19.8. The largest absolute Gasteiger partial charge is 0.493 e. The zero-order chi connectivity index (χ0) is 19.1. The van der Waals surface area contributed by atoms with Crippen LogP contribution in [0.25, 0.3) is 0 Å². The van der Waals surface area contributed by atoms with E-state index in [9.17, 15) is 9.59 Å². The summed E-state index contributed by atoms with van der Waals surface area (Å²) in [6, 6.07) is 5.09. The molecule has 1 amide bonds. The van der Waals surface area contributed by atoms with E-state index in [0.29, 0.717) is 30.9 Å². The van der Waals surface area contributed by atoms with Crippen LogP contribution >= 0.6 is 0 Å². The third-order valence-electron chi connectivity index (χ3n) is 4.40. The SMILES string of the molecule is C=CCc1ccc(OCC(=O)N2CC(OC)CC2CC(=O)O)c(OC)c1. The zero-order valence-electron chi connectivity index (χ0n) is 15.1. The van der Waals surface area contributed by atoms with Crippen molar-refractivity contribution in [2.45, 2.75) is 31.4 Å². The second kappa shape index (κ2) is 9.24. The summed E-state index contributed by atoms with van der Waals surface area (Å²) in [6.07, 6.45) is 2.75. The average Bonchev–Trinajstić information content (AvgIpc) is 3.02. The molecule has 2 unspecified atom stereocenters. The summed E-state index contributed by atoms with van der Waals surface area (Å²) in [5.74, 6) is -0.209. The van der Waals surface area contributed by atoms with Crippen LogP contribution in [0, 0.1) is 0 Å². The molecule has 1 aliphatic heterocycles. The van der Waals surface area contributed by atoms with Crippen molar-refractivity contribution in [1.82, 2.24) is 4.90 Å². The topological polar surface area (TPSA) is 85.3 Å². The third-order valence-corrected chi connectivity index (χ3v) is 4.40. The number of carboxylic acids is 1. The highest BCUT2D eigenvalue weighted by Crippen LogP contribution is 2.29. The van der Waals surface area contributed by atoms with Crippen LogP contribution in [0.5, 0.6) is 11.5 Å². The Bertz CT molecular complexity index is 659. The van der Waals surface area contributed by atoms with Crippen LogP contribution < -0.4 is 9.47 Å². The molecule has 142 valence electrons. The second-order valence-electron chi connectivity index (χ2n) is 6.16. The molecule has 1 fully saturated rings. The predicted octanol–water partition coefficient (Wildman–Crippen LogP) is 1.89. The molecule has 2 atom stereocenters. The van der Waals surface area contributed by atoms with Gasteiger partial charge in [-0.15, -0.1) is 6.58 Å². The molecular weight excluding hydrogens is 338 g/mol. The number of methoxy groups -OCH3 is 2. The van der Waals surface area contributed by atoms with Crippen LogP contribution in [-0.4, -0.2) is 61.4 Å². The Morgan fingerprint density at radius 1 is 1.35 bits per heavy atom. The molecule has 0 bridgehead atoms. The Morgan fingerprint density at radius 3 is 2.73 bits per heavy atom. The van der Waals surface area contributed by atoms with Crippen LogP contribution in [0.4, 0.5) is 0 Å². The highest BCUT2D eigenvalue weighted by atomic mass is 16.5. The van der Waals surface area contributed by atoms with Gasteiger partial charge in [0.25, 0.3) is 5.91 Å². The summed E-state index contributed by atoms with van der Waals surface area (Å²) in [6.45, 7) is 3.88. The summed E-state index contributed by atoms with van der Waals surface area (Å²) in [4.78, 5) is 25.1. The highest BCUT2D eigenvalue weighted by molar-refractivity contribution is 5.79. The second-order valence-corrected chi connectivity index (χ2v) is 6.16. The minimum atomic E-state index is -0.940. The van der Waals surface area contributed by atoms with Crippen molar-refractivity contribution in [2.24, 2.45) is 0 Å². The van der Waals surface area contributed by atoms with Gasteiger partial charge >= 0.3 is 5.97 Å². The minimum absolute atomic E-state index is 0.106. The quantitative estimate of drug-likeness (QED) is 0.675. The number of hydrogen-bond acceptors (Lipinski definition) is 5. The van der Waals surface area contributed by atoms with Gasteiger partial charge in [0.15, 0.2) is 18.1 Å². The molecule has 2 rings (SSSR count). The highest BCUT2D eigenvalue weighted by Gasteiger charge is 2.36. The molecule has 1 aliphatic rings. The zero-order valence-corrected chi connectivity index (χ0v) is 15.1. The van der Waals surface area contributed by atoms with Gasteiger partial charge in [-0.3, -0.25) is 9.59 Å². The molecule has 0 aromatic heterocycles. The maximum Gasteiger partial charge on any atom is 0.305 e. The first-order valence-electron chi connectivity index (χ1n) is 8.43. The summed E-state index contributed by atoms with van der Waals surface area (Å²) < 4.78 is 16.2. The first-order valence-corrected chi connectivity index (χ1v) is 8.43. The van der Waals surface area contributed by atoms with Gasteiger partial charge in [-0.05, 0) is 30.5 Å². The summed E-state index contributed by atoms with van der Waals surface area (Å²) in [7, 11) is 3.09. The van der Waals surface area contributed by atoms with Crippen LogP contribution in [0.15, 0.2) is 30.9 Å². The van der Waals surface area contributed by atoms with Crippen molar-refractivity contribution >= 4 is 11.9 Å². The van der Waals surface area contributed by atoms with Gasteiger partial charge < -0.3 is 24.2 Å². The fourth-order valence-corrected chi connectivity index (χ4v) is 3.09. The number of nitrogens with zero attached hydrogens (tertiary/aromatic N) is 1. The number of amides is 1. The maximum atomic E-state index is 12.5. The van der Waals surface area contributed by atoms with Gasteiger partial charge in [-0.25, -0.2) is 0 Å². The van der Waals surface area contributed by atoms with E-state index in [0.717, 1.165) is 5.56 Å². The molecule has 7 heteroatoms. The van der Waals surface area contributed by atoms with Crippen molar-refractivity contribution in [3.8, 4) is 11.5 Å². The van der Waals surface area contributed by atoms with Crippen molar-refractivity contribution in [1.29, 1.82) is 0 Å². The summed E-state index contributed by atoms with van der Waals surface area (Å²) >= 11 is 0. The summed E-state index contributed by atoms with van der Waals surface area (Å²) in [5, 5.41) is 9.04. The number of aliphatic carboxylic acids is 1. The third kappa shape index (κ3) is 4.98. The molecule has 0 radical (unpaired) electrons. The lowest BCUT2D eigenvalue weighted by molar-refractivity contribution is -0.140. The van der Waals surface area contributed by atoms with Crippen LogP contribution in [0.2, 0.25) is 0 Å². The molecule has 26 heavy (non-hydrogen) atoms. The average molecular weight is 363 g/mol. The predicted molar refractivity (Wildman–Crippen MR) is 95.6 cm³/mol. The fourth-order valence-electron chi connectivity index (χ4n) is 3.09. The molecule has 1 aromatic carbocycles. The van der Waals surface area contributed by atoms with E-state index in [1.807, 2.05) is 12.1 Å². The number of hydrogen-bond donors (Lipinski definition) is 1. The number of carbonyl (C=O) groups is 2. The number of allylic oxidation sites excluding steroid dienone is 1. The number of carboxylic acid groups (broad SMARTS) is 1. The monoisotopic (exact) mass is 363 g/mol. The number of carbonyl (C=O) groups excluding carboxylic acids is 1. The maximum absolute atomic E-state index is 12.5. The van der Waals surface area contributed by atoms with Crippen molar-refractivity contribution in [3.05, 3.63) is 36.4 Å². The van der Waals surface area contributed by atoms with E-state index in [1.54, 1.807) is 19.3 Å². The molecule has 1 heterocycles. The van der Waals surface area contributed by atoms with Crippen molar-refractivity contribution < 1.29 is 28.9 Å². The van der Waals surface area contributed by atoms with Crippen LogP contribution in [0.1, 0.15) is 18.4 Å². The number of ether oxygens (including phenoxy) is 3. The smallest absolute Gasteiger partial charge is 0.305 e. The van der Waals surface area contributed by atoms with Gasteiger partial charge in [-0.2, -0.15) is 0 Å². The molecule has 1 N–H and O–H groups in total. The summed E-state index contributed by atoms with van der Waals surface area (Å²) in [5.41, 5.74) is 1.03. The van der Waals surface area contributed by atoms with Gasteiger partial charge in [-0.1, -0.05) is 12.1 Å². The lowest BCUT2D eigenvalue weighted by Gasteiger charge is -2.23. The van der Waals surface area contributed by atoms with E-state index < -0.39 is 5.97 Å². The van der Waals surface area contributed by atoms with E-state index in [4.69, 9.17) is 19.3 Å². The van der Waals surface area contributed by atoms with E-state index >= 15 is 0 Å². The lowest BCUT2D eigenvalue weighted by atomic mass is 10.1. The van der Waals surface area contributed by atoms with Crippen LogP contribution in [-0.2, 0) is 20.7 Å². The van der Waals surface area contributed by atoms with Crippen LogP contribution in [0.3, 0.4) is 0 Å². The Labute approximate surface area is 153 Å². The minimum Gasteiger partial charge on any atom is -0.493 e. The normalized spacial score (nSPS) is 19.2. The molecule has 7 nitrogen and oxygen atoms in total. The molecule has 0 spiro atoms. The molecule has 1 saturated heterocycles. The Hall–Kier alpha value is -2.54. The fraction of sp³-hybridized carbons (Fsp3) is 0.474. The lowest BCUT2D eigenvalue weighted by Crippen LogP contribution is -2.40. The standard InChI is InChI=1S/C19H25NO6/c1-4-5-13-6-7-16(17(8-13)25-3)26-12-18(21)20-11-15(24-2)9-14(20)10-19(22)23/h4,6-8,14-15H,1,5,9-12H2,2-3H3,(H,22,23). The van der Waals surface area contributed by atoms with Gasteiger partial charge in [0, 0.05) is 19.7 Å². The Kier molecular flexibility index (Phi) is 7.03. The van der Waals surface area contributed by atoms with Crippen molar-refractivity contribution in [3.63, 3.8) is 0 Å².